The predicted molar refractivity (Wildman–Crippen MR) is 58.4 cm³/mol. The largest absolute Gasteiger partial charge is 0.392 e. The molecule has 0 bridgehead atoms. The molecule has 0 spiro atoms. The molecule has 0 saturated heterocycles. The summed E-state index contributed by atoms with van der Waals surface area (Å²) < 4.78 is 0. The van der Waals surface area contributed by atoms with Crippen LogP contribution in [0.25, 0.3) is 0 Å². The number of aliphatic hydroxyl groups excluding tert-OH is 1. The Morgan fingerprint density at radius 2 is 2.07 bits per heavy atom. The number of hydrogen-bond donors (Lipinski definition) is 1. The van der Waals surface area contributed by atoms with Crippen molar-refractivity contribution in [2.75, 3.05) is 6.61 Å². The van der Waals surface area contributed by atoms with Crippen LogP contribution in [-0.4, -0.2) is 11.7 Å². The first-order chi connectivity index (χ1) is 7.19. The Balaban J connectivity index is 5.01. The molecule has 0 heterocycles. The van der Waals surface area contributed by atoms with Gasteiger partial charge >= 0.3 is 0 Å². The van der Waals surface area contributed by atoms with Crippen LogP contribution in [0.3, 0.4) is 0 Å². The third-order valence-corrected chi connectivity index (χ3v) is 1.64. The monoisotopic (exact) mass is 200 g/mol. The Kier molecular flexibility index (Phi) is 6.29. The Morgan fingerprint density at radius 1 is 1.40 bits per heavy atom. The van der Waals surface area contributed by atoms with Crippen LogP contribution in [0.1, 0.15) is 6.92 Å². The van der Waals surface area contributed by atoms with Gasteiger partial charge in [0.1, 0.15) is 6.07 Å². The molecule has 0 rings (SSSR count). The molecule has 0 aliphatic heterocycles. The highest BCUT2D eigenvalue weighted by atomic mass is 16.2. The zero-order chi connectivity index (χ0) is 11.7. The van der Waals surface area contributed by atoms with Crippen molar-refractivity contribution in [3.05, 3.63) is 47.6 Å². The van der Waals surface area contributed by atoms with Gasteiger partial charge in [-0.3, -0.25) is 0 Å². The number of aliphatic hydroxyl groups is 1. The van der Waals surface area contributed by atoms with Gasteiger partial charge in [-0.2, -0.15) is 10.5 Å². The van der Waals surface area contributed by atoms with Gasteiger partial charge in [0, 0.05) is 0 Å². The summed E-state index contributed by atoms with van der Waals surface area (Å²) in [6, 6.07) is 3.71. The van der Waals surface area contributed by atoms with E-state index in [9.17, 15) is 0 Å². The minimum absolute atomic E-state index is 0.0632. The fourth-order valence-electron chi connectivity index (χ4n) is 0.830. The van der Waals surface area contributed by atoms with Crippen LogP contribution in [0.4, 0.5) is 0 Å². The summed E-state index contributed by atoms with van der Waals surface area (Å²) in [4.78, 5) is 0. The highest BCUT2D eigenvalue weighted by Gasteiger charge is 2.00. The maximum absolute atomic E-state index is 8.77. The number of rotatable bonds is 4. The maximum Gasteiger partial charge on any atom is 0.101 e. The summed E-state index contributed by atoms with van der Waals surface area (Å²) in [5.41, 5.74) is 1.11. The second-order valence-electron chi connectivity index (χ2n) is 2.63. The summed E-state index contributed by atoms with van der Waals surface area (Å²) in [6.07, 6.45) is 6.55. The molecule has 1 N–H and O–H groups in total. The van der Waals surface area contributed by atoms with E-state index in [2.05, 4.69) is 6.58 Å². The highest BCUT2D eigenvalue weighted by Crippen LogP contribution is 2.10. The Labute approximate surface area is 89.6 Å². The molecule has 0 fully saturated rings. The zero-order valence-corrected chi connectivity index (χ0v) is 8.57. The minimum atomic E-state index is -0.0632. The molecule has 15 heavy (non-hydrogen) atoms. The predicted octanol–water partition coefficient (Wildman–Crippen LogP) is 2.01. The van der Waals surface area contributed by atoms with E-state index >= 15 is 0 Å². The normalized spacial score (nSPS) is 12.3. The second kappa shape index (κ2) is 7.32. The molecule has 76 valence electrons. The van der Waals surface area contributed by atoms with Crippen LogP contribution in [-0.2, 0) is 0 Å². The Morgan fingerprint density at radius 3 is 2.47 bits per heavy atom. The lowest BCUT2D eigenvalue weighted by molar-refractivity contribution is 0.342. The van der Waals surface area contributed by atoms with E-state index in [0.29, 0.717) is 0 Å². The van der Waals surface area contributed by atoms with E-state index in [1.165, 1.54) is 0 Å². The fourth-order valence-corrected chi connectivity index (χ4v) is 0.830. The van der Waals surface area contributed by atoms with E-state index in [4.69, 9.17) is 15.6 Å². The second-order valence-corrected chi connectivity index (χ2v) is 2.63. The maximum atomic E-state index is 8.77. The molecule has 0 atom stereocenters. The van der Waals surface area contributed by atoms with Gasteiger partial charge in [0.05, 0.1) is 23.8 Å². The summed E-state index contributed by atoms with van der Waals surface area (Å²) in [7, 11) is 0. The lowest BCUT2D eigenvalue weighted by Gasteiger charge is -1.95. The quantitative estimate of drug-likeness (QED) is 0.557. The summed E-state index contributed by atoms with van der Waals surface area (Å²) >= 11 is 0. The van der Waals surface area contributed by atoms with Crippen LogP contribution in [0, 0.1) is 22.7 Å². The van der Waals surface area contributed by atoms with Gasteiger partial charge in [-0.1, -0.05) is 24.8 Å². The van der Waals surface area contributed by atoms with Crippen molar-refractivity contribution in [3.8, 4) is 12.1 Å². The van der Waals surface area contributed by atoms with Crippen molar-refractivity contribution >= 4 is 0 Å². The topological polar surface area (TPSA) is 67.8 Å². The average Bonchev–Trinajstić information content (AvgIpc) is 2.28. The lowest BCUT2D eigenvalue weighted by Crippen LogP contribution is -1.84. The van der Waals surface area contributed by atoms with E-state index in [1.54, 1.807) is 31.2 Å². The summed E-state index contributed by atoms with van der Waals surface area (Å²) in [6.45, 7) is 5.20. The van der Waals surface area contributed by atoms with E-state index in [1.807, 2.05) is 12.1 Å². The van der Waals surface area contributed by atoms with Crippen molar-refractivity contribution in [2.45, 2.75) is 6.92 Å². The van der Waals surface area contributed by atoms with Crippen LogP contribution in [0.5, 0.6) is 0 Å². The number of nitriles is 2. The molecule has 0 aromatic rings. The molecule has 0 aliphatic carbocycles. The van der Waals surface area contributed by atoms with Crippen LogP contribution in [0.2, 0.25) is 0 Å². The molecule has 0 amide bonds. The number of hydrogen-bond acceptors (Lipinski definition) is 3. The first-order valence-corrected chi connectivity index (χ1v) is 4.34. The smallest absolute Gasteiger partial charge is 0.101 e. The molecular formula is C12H12N2O. The van der Waals surface area contributed by atoms with Crippen molar-refractivity contribution in [3.63, 3.8) is 0 Å². The first-order valence-electron chi connectivity index (χ1n) is 4.34. The molecule has 0 aliphatic rings. The van der Waals surface area contributed by atoms with Gasteiger partial charge in [0.25, 0.3) is 0 Å². The standard InChI is InChI=1S/C12H12N2O/c1-3-11(5-4-6-15)7-12(9-14)10(2)8-13/h3-5,7,15H,2,6H2,1H3/b5-4-,11-3+,12-7+. The molecule has 0 radical (unpaired) electrons. The SMILES string of the molecule is C=C(C#N)/C(C#N)=C/C(/C=C\CO)=C/C. The van der Waals surface area contributed by atoms with Crippen LogP contribution < -0.4 is 0 Å². The number of nitrogens with zero attached hydrogens (tertiary/aromatic N) is 2. The molecule has 0 saturated carbocycles. The van der Waals surface area contributed by atoms with Crippen molar-refractivity contribution in [1.29, 1.82) is 10.5 Å². The molecular weight excluding hydrogens is 188 g/mol. The summed E-state index contributed by atoms with van der Waals surface area (Å²) in [5, 5.41) is 25.9. The van der Waals surface area contributed by atoms with Crippen LogP contribution >= 0.6 is 0 Å². The zero-order valence-electron chi connectivity index (χ0n) is 8.57. The van der Waals surface area contributed by atoms with Crippen molar-refractivity contribution in [2.24, 2.45) is 0 Å². The summed E-state index contributed by atoms with van der Waals surface area (Å²) in [5.74, 6) is 0. The number of allylic oxidation sites excluding steroid dienone is 6. The molecule has 3 nitrogen and oxygen atoms in total. The molecule has 0 aromatic carbocycles. The van der Waals surface area contributed by atoms with E-state index in [0.717, 1.165) is 5.57 Å². The Bertz CT molecular complexity index is 400. The third kappa shape index (κ3) is 4.61. The molecule has 0 aromatic heterocycles. The van der Waals surface area contributed by atoms with Gasteiger partial charge in [-0.15, -0.1) is 0 Å². The Hall–Kier alpha value is -2.10. The minimum Gasteiger partial charge on any atom is -0.392 e. The van der Waals surface area contributed by atoms with Gasteiger partial charge in [0.15, 0.2) is 0 Å². The van der Waals surface area contributed by atoms with Gasteiger partial charge in [-0.25, -0.2) is 0 Å². The third-order valence-electron chi connectivity index (χ3n) is 1.64. The molecule has 3 heteroatoms. The van der Waals surface area contributed by atoms with Crippen molar-refractivity contribution in [1.82, 2.24) is 0 Å². The van der Waals surface area contributed by atoms with Gasteiger partial charge in [-0.05, 0) is 18.6 Å². The highest BCUT2D eigenvalue weighted by molar-refractivity contribution is 5.52. The van der Waals surface area contributed by atoms with Crippen molar-refractivity contribution < 1.29 is 5.11 Å². The first kappa shape index (κ1) is 12.9. The van der Waals surface area contributed by atoms with Crippen LogP contribution in [0.15, 0.2) is 47.6 Å². The van der Waals surface area contributed by atoms with Gasteiger partial charge in [0.2, 0.25) is 0 Å². The van der Waals surface area contributed by atoms with E-state index in [-0.39, 0.29) is 17.8 Å². The lowest BCUT2D eigenvalue weighted by atomic mass is 10.1. The average molecular weight is 200 g/mol. The van der Waals surface area contributed by atoms with Gasteiger partial charge < -0.3 is 5.11 Å². The van der Waals surface area contributed by atoms with E-state index < -0.39 is 0 Å². The fraction of sp³-hybridized carbons (Fsp3) is 0.167. The molecule has 0 unspecified atom stereocenters.